The van der Waals surface area contributed by atoms with Crippen LogP contribution in [0.5, 0.6) is 5.88 Å². The number of aromatic nitrogens is 1. The zero-order chi connectivity index (χ0) is 25.8. The van der Waals surface area contributed by atoms with Crippen LogP contribution in [0.4, 0.5) is 11.4 Å². The summed E-state index contributed by atoms with van der Waals surface area (Å²) in [5.74, 6) is -0.460. The van der Waals surface area contributed by atoms with Crippen LogP contribution in [0.1, 0.15) is 27.9 Å². The minimum atomic E-state index is -0.454. The highest BCUT2D eigenvalue weighted by atomic mass is 32.1. The minimum absolute atomic E-state index is 0.0361. The average molecular weight is 505 g/mol. The molecule has 2 N–H and O–H groups in total. The number of H-pyrrole nitrogens is 1. The van der Waals surface area contributed by atoms with Gasteiger partial charge in [0, 0.05) is 47.5 Å². The number of aliphatic imine (C=N–C) groups is 1. The Kier molecular flexibility index (Phi) is 7.52. The number of hydrogen-bond donors (Lipinski definition) is 2. The highest BCUT2D eigenvalue weighted by molar-refractivity contribution is 7.08. The van der Waals surface area contributed by atoms with Crippen LogP contribution in [0, 0.1) is 0 Å². The van der Waals surface area contributed by atoms with E-state index in [1.54, 1.807) is 30.1 Å². The van der Waals surface area contributed by atoms with Crippen LogP contribution in [0.3, 0.4) is 0 Å². The number of hydrogen-bond acceptors (Lipinski definition) is 7. The fourth-order valence-electron chi connectivity index (χ4n) is 3.84. The summed E-state index contributed by atoms with van der Waals surface area (Å²) in [6.07, 6.45) is 0.434. The Balaban J connectivity index is 1.70. The Bertz CT molecular complexity index is 1410. The lowest BCUT2D eigenvalue weighted by Crippen LogP contribution is -2.29. The number of carbonyl (C=O) groups is 2. The van der Waals surface area contributed by atoms with Crippen molar-refractivity contribution in [3.63, 3.8) is 0 Å². The van der Waals surface area contributed by atoms with Gasteiger partial charge in [-0.15, -0.1) is 0 Å². The van der Waals surface area contributed by atoms with Crippen molar-refractivity contribution in [2.45, 2.75) is 6.42 Å². The molecule has 36 heavy (non-hydrogen) atoms. The molecule has 2 aromatic carbocycles. The molecule has 4 rings (SSSR count). The van der Waals surface area contributed by atoms with Crippen LogP contribution in [-0.2, 0) is 9.53 Å². The standard InChI is InChI=1S/C27H28N4O4S/c1-30(2)13-11-23(32)31(3)20-8-6-19(7-9-20)28-25(18-12-14-36-16-18)24-21-10-5-17(27(34)35-4)15-22(21)29-26(24)33/h5-10,12,14-16,29,33H,11,13H2,1-4H3. The summed E-state index contributed by atoms with van der Waals surface area (Å²) in [7, 11) is 6.97. The number of nitrogens with zero attached hydrogens (tertiary/aromatic N) is 3. The molecule has 0 spiro atoms. The number of aromatic hydroxyl groups is 1. The Morgan fingerprint density at radius 2 is 1.81 bits per heavy atom. The molecule has 1 amide bonds. The number of esters is 1. The van der Waals surface area contributed by atoms with Gasteiger partial charge in [-0.2, -0.15) is 11.3 Å². The van der Waals surface area contributed by atoms with Crippen molar-refractivity contribution in [1.29, 1.82) is 0 Å². The van der Waals surface area contributed by atoms with Crippen molar-refractivity contribution < 1.29 is 19.4 Å². The molecular formula is C27H28N4O4S. The number of anilines is 1. The first-order valence-corrected chi connectivity index (χ1v) is 12.3. The molecule has 0 atom stereocenters. The lowest BCUT2D eigenvalue weighted by Gasteiger charge is -2.18. The molecule has 0 aliphatic rings. The van der Waals surface area contributed by atoms with Crippen LogP contribution in [-0.4, -0.2) is 67.4 Å². The fourth-order valence-corrected chi connectivity index (χ4v) is 4.48. The Labute approximate surface area is 213 Å². The first-order valence-electron chi connectivity index (χ1n) is 11.3. The predicted octanol–water partition coefficient (Wildman–Crippen LogP) is 4.81. The molecule has 0 radical (unpaired) electrons. The number of carbonyl (C=O) groups excluding carboxylic acids is 2. The maximum atomic E-state index is 12.5. The van der Waals surface area contributed by atoms with E-state index in [0.717, 1.165) is 16.6 Å². The van der Waals surface area contributed by atoms with E-state index in [9.17, 15) is 14.7 Å². The van der Waals surface area contributed by atoms with Gasteiger partial charge in [0.25, 0.3) is 0 Å². The van der Waals surface area contributed by atoms with Crippen LogP contribution in [0.25, 0.3) is 10.9 Å². The van der Waals surface area contributed by atoms with Gasteiger partial charge < -0.3 is 24.6 Å². The Hall–Kier alpha value is -3.95. The molecule has 4 aromatic rings. The average Bonchev–Trinajstić information content (AvgIpc) is 3.52. The SMILES string of the molecule is COC(=O)c1ccc2c(C(=Nc3ccc(N(C)C(=O)CCN(C)C)cc3)c3ccsc3)c(O)[nH]c2c1. The van der Waals surface area contributed by atoms with Gasteiger partial charge in [-0.25, -0.2) is 9.79 Å². The summed E-state index contributed by atoms with van der Waals surface area (Å²) in [6, 6.07) is 14.4. The van der Waals surface area contributed by atoms with Gasteiger partial charge in [-0.05, 0) is 61.9 Å². The van der Waals surface area contributed by atoms with Gasteiger partial charge in [0.2, 0.25) is 5.91 Å². The monoisotopic (exact) mass is 504 g/mol. The topological polar surface area (TPSA) is 98.2 Å². The van der Waals surface area contributed by atoms with Crippen molar-refractivity contribution in [3.05, 3.63) is 76.0 Å². The van der Waals surface area contributed by atoms with E-state index in [1.807, 2.05) is 60.1 Å². The van der Waals surface area contributed by atoms with Crippen molar-refractivity contribution in [2.24, 2.45) is 4.99 Å². The van der Waals surface area contributed by atoms with E-state index in [0.29, 0.717) is 41.0 Å². The number of benzene rings is 2. The van der Waals surface area contributed by atoms with Crippen molar-refractivity contribution in [2.75, 3.05) is 39.7 Å². The van der Waals surface area contributed by atoms with Gasteiger partial charge in [0.05, 0.1) is 29.6 Å². The molecule has 0 aliphatic heterocycles. The summed E-state index contributed by atoms with van der Waals surface area (Å²) in [5.41, 5.74) is 4.42. The summed E-state index contributed by atoms with van der Waals surface area (Å²) in [6.45, 7) is 0.685. The summed E-state index contributed by atoms with van der Waals surface area (Å²) < 4.78 is 4.81. The van der Waals surface area contributed by atoms with Crippen LogP contribution in [0.2, 0.25) is 0 Å². The largest absolute Gasteiger partial charge is 0.494 e. The quantitative estimate of drug-likeness (QED) is 0.265. The van der Waals surface area contributed by atoms with Crippen molar-refractivity contribution in [1.82, 2.24) is 9.88 Å². The van der Waals surface area contributed by atoms with Gasteiger partial charge in [0.15, 0.2) is 5.88 Å². The van der Waals surface area contributed by atoms with Gasteiger partial charge in [0.1, 0.15) is 0 Å². The van der Waals surface area contributed by atoms with E-state index in [2.05, 4.69) is 4.98 Å². The summed E-state index contributed by atoms with van der Waals surface area (Å²) in [5, 5.41) is 15.5. The molecule has 0 fully saturated rings. The third-order valence-electron chi connectivity index (χ3n) is 5.86. The first kappa shape index (κ1) is 25.2. The molecule has 9 heteroatoms. The molecule has 2 aromatic heterocycles. The maximum absolute atomic E-state index is 12.5. The van der Waals surface area contributed by atoms with Crippen molar-refractivity contribution >= 4 is 51.2 Å². The van der Waals surface area contributed by atoms with Gasteiger partial charge >= 0.3 is 5.97 Å². The first-order chi connectivity index (χ1) is 17.3. The maximum Gasteiger partial charge on any atom is 0.337 e. The van der Waals surface area contributed by atoms with E-state index >= 15 is 0 Å². The number of fused-ring (bicyclic) bond motifs is 1. The van der Waals surface area contributed by atoms with E-state index in [4.69, 9.17) is 9.73 Å². The predicted molar refractivity (Wildman–Crippen MR) is 144 cm³/mol. The van der Waals surface area contributed by atoms with Crippen LogP contribution >= 0.6 is 11.3 Å². The molecule has 0 aliphatic carbocycles. The third-order valence-corrected chi connectivity index (χ3v) is 6.54. The van der Waals surface area contributed by atoms with Crippen LogP contribution < -0.4 is 4.90 Å². The van der Waals surface area contributed by atoms with Gasteiger partial charge in [-0.1, -0.05) is 6.07 Å². The molecule has 0 saturated heterocycles. The molecule has 186 valence electrons. The zero-order valence-corrected chi connectivity index (χ0v) is 21.4. The fraction of sp³-hybridized carbons (Fsp3) is 0.222. The lowest BCUT2D eigenvalue weighted by atomic mass is 10.0. The number of nitrogens with one attached hydrogen (secondary N) is 1. The van der Waals surface area contributed by atoms with E-state index < -0.39 is 5.97 Å². The molecule has 0 saturated carbocycles. The third kappa shape index (κ3) is 5.32. The number of amides is 1. The van der Waals surface area contributed by atoms with Gasteiger partial charge in [-0.3, -0.25) is 4.79 Å². The second-order valence-corrected chi connectivity index (χ2v) is 9.38. The highest BCUT2D eigenvalue weighted by Gasteiger charge is 2.20. The molecule has 0 unspecified atom stereocenters. The minimum Gasteiger partial charge on any atom is -0.494 e. The number of thiophene rings is 1. The Morgan fingerprint density at radius 1 is 1.06 bits per heavy atom. The molecular weight excluding hydrogens is 476 g/mol. The second-order valence-electron chi connectivity index (χ2n) is 8.60. The summed E-state index contributed by atoms with van der Waals surface area (Å²) >= 11 is 1.53. The van der Waals surface area contributed by atoms with Crippen molar-refractivity contribution in [3.8, 4) is 5.88 Å². The van der Waals surface area contributed by atoms with Crippen LogP contribution in [0.15, 0.2) is 64.3 Å². The summed E-state index contributed by atoms with van der Waals surface area (Å²) in [4.78, 5) is 35.9. The van der Waals surface area contributed by atoms with E-state index in [-0.39, 0.29) is 11.8 Å². The molecule has 0 bridgehead atoms. The normalized spacial score (nSPS) is 11.8. The van der Waals surface area contributed by atoms with E-state index in [1.165, 1.54) is 18.4 Å². The number of aromatic amines is 1. The molecule has 2 heterocycles. The number of rotatable bonds is 8. The number of ether oxygens (including phenoxy) is 1. The zero-order valence-electron chi connectivity index (χ0n) is 20.6. The highest BCUT2D eigenvalue weighted by Crippen LogP contribution is 2.33. The Morgan fingerprint density at radius 3 is 2.44 bits per heavy atom. The lowest BCUT2D eigenvalue weighted by molar-refractivity contribution is -0.118. The molecule has 8 nitrogen and oxygen atoms in total. The number of methoxy groups -OCH3 is 1. The smallest absolute Gasteiger partial charge is 0.337 e. The second kappa shape index (κ2) is 10.8.